The summed E-state index contributed by atoms with van der Waals surface area (Å²) in [4.78, 5) is 35.7. The van der Waals surface area contributed by atoms with E-state index in [1.807, 2.05) is 285 Å². The van der Waals surface area contributed by atoms with Crippen molar-refractivity contribution in [2.45, 2.75) is 47.0 Å². The molecule has 8 heterocycles. The van der Waals surface area contributed by atoms with Crippen LogP contribution in [0.25, 0.3) is 96.7 Å². The molecule has 0 spiro atoms. The van der Waals surface area contributed by atoms with Crippen LogP contribution in [0.15, 0.2) is 335 Å². The fraction of sp³-hybridized carbons (Fsp3) is 0.0870. The van der Waals surface area contributed by atoms with E-state index in [1.54, 1.807) is 36.9 Å². The molecule has 8 nitrogen and oxygen atoms in total. The van der Waals surface area contributed by atoms with Crippen molar-refractivity contribution in [2.75, 3.05) is 0 Å². The van der Waals surface area contributed by atoms with E-state index in [0.717, 1.165) is 102 Å². The summed E-state index contributed by atoms with van der Waals surface area (Å²) in [5.74, 6) is 2.36. The van der Waals surface area contributed by atoms with Crippen LogP contribution in [-0.2, 0) is 71.4 Å². The summed E-state index contributed by atoms with van der Waals surface area (Å²) in [6, 6.07) is 109. The second-order valence-corrected chi connectivity index (χ2v) is 23.7. The second kappa shape index (κ2) is 48.2. The smallest absolute Gasteiger partial charge is 0.521 e. The molecule has 14 aromatic rings. The number of allylic oxidation sites excluding steroid dienone is 1. The predicted octanol–water partition coefficient (Wildman–Crippen LogP) is 22.1. The van der Waals surface area contributed by atoms with Gasteiger partial charge >= 0.3 is 66.0 Å². The van der Waals surface area contributed by atoms with Crippen molar-refractivity contribution in [1.82, 2.24) is 39.9 Å². The van der Waals surface area contributed by atoms with Crippen molar-refractivity contribution in [3.8, 4) is 96.5 Å². The van der Waals surface area contributed by atoms with E-state index < -0.39 is 0 Å². The minimum atomic E-state index is 0. The molecule has 0 saturated heterocycles. The Labute approximate surface area is 657 Å². The normalized spacial score (nSPS) is 9.66. The van der Waals surface area contributed by atoms with Gasteiger partial charge in [0.05, 0.1) is 45.6 Å². The van der Waals surface area contributed by atoms with Crippen LogP contribution in [0.5, 0.6) is 0 Å². The summed E-state index contributed by atoms with van der Waals surface area (Å²) in [6.45, 7) is 30.1. The van der Waals surface area contributed by atoms with Gasteiger partial charge in [-0.1, -0.05) is 150 Å². The molecule has 0 aliphatic heterocycles. The first kappa shape index (κ1) is 87.5. The Balaban J connectivity index is 0.000000319. The Morgan fingerprint density at radius 3 is 0.769 bits per heavy atom. The summed E-state index contributed by atoms with van der Waals surface area (Å²) in [5.41, 5.74) is 18.3. The first-order valence-electron chi connectivity index (χ1n) is 32.3. The third kappa shape index (κ3) is 30.5. The molecular formula is C92H78N8Ni4. The number of nitrogens with zero attached hydrogens (tertiary/aromatic N) is 8. The van der Waals surface area contributed by atoms with Crippen molar-refractivity contribution < 1.29 is 66.0 Å². The molecule has 8 aromatic heterocycles. The molecule has 0 bridgehead atoms. The van der Waals surface area contributed by atoms with E-state index >= 15 is 0 Å². The van der Waals surface area contributed by atoms with E-state index in [1.165, 1.54) is 5.56 Å². The number of rotatable bonds is 9. The van der Waals surface area contributed by atoms with Gasteiger partial charge in [-0.05, 0) is 107 Å². The van der Waals surface area contributed by atoms with Crippen molar-refractivity contribution in [3.05, 3.63) is 402 Å². The van der Waals surface area contributed by atoms with Crippen LogP contribution in [-0.4, -0.2) is 39.9 Å². The molecule has 0 aliphatic carbocycles. The van der Waals surface area contributed by atoms with Crippen molar-refractivity contribution in [2.24, 2.45) is 5.41 Å². The summed E-state index contributed by atoms with van der Waals surface area (Å²) in [5, 5.41) is 0. The quantitative estimate of drug-likeness (QED) is 0.0800. The fourth-order valence-electron chi connectivity index (χ4n) is 8.79. The largest absolute Gasteiger partial charge is 2.00 e. The maximum absolute atomic E-state index is 6.92. The molecule has 6 aromatic carbocycles. The van der Waals surface area contributed by atoms with Gasteiger partial charge in [-0.25, -0.2) is 6.08 Å². The number of hydrogen-bond donors (Lipinski definition) is 0. The Kier molecular flexibility index (Phi) is 40.6. The SMILES string of the molecule is [C-]#Cc1ccc(C(C)(C)C)cc1.[CH-]=C.[CH-]=CC(C)(C)C.[CH-]=Cc1ccccc1.[Ni+2].[Ni+2].[Ni+2].[Ni+2].[c-]1ccccc1-c1cccc(-c2ccccn2)n1.[c-]1ccccc1-c1cccc(-c2ccccn2)n1.[c-]1ccccc1-c1cccc(-c2ccccn2)n1.[c-]1ccccc1-c1cccc(-c2ccccn2)n1. The molecule has 0 amide bonds. The van der Waals surface area contributed by atoms with Crippen LogP contribution in [0.1, 0.15) is 58.2 Å². The van der Waals surface area contributed by atoms with Gasteiger partial charge in [0.25, 0.3) is 0 Å². The summed E-state index contributed by atoms with van der Waals surface area (Å²) < 4.78 is 0. The van der Waals surface area contributed by atoms with Gasteiger partial charge in [-0.3, -0.25) is 65.0 Å². The third-order valence-electron chi connectivity index (χ3n) is 14.0. The van der Waals surface area contributed by atoms with Gasteiger partial charge in [-0.2, -0.15) is 5.56 Å². The van der Waals surface area contributed by atoms with Crippen molar-refractivity contribution >= 4 is 6.08 Å². The van der Waals surface area contributed by atoms with Gasteiger partial charge in [0.15, 0.2) is 0 Å². The maximum atomic E-state index is 6.92. The zero-order chi connectivity index (χ0) is 71.1. The van der Waals surface area contributed by atoms with Crippen LogP contribution < -0.4 is 0 Å². The molecule has 0 fully saturated rings. The topological polar surface area (TPSA) is 103 Å². The average Bonchev–Trinajstić information content (AvgIpc) is 0.842. The first-order valence-corrected chi connectivity index (χ1v) is 32.3. The Bertz CT molecular complexity index is 3970. The molecule has 14 rings (SSSR count). The number of benzene rings is 6. The molecule has 104 heavy (non-hydrogen) atoms. The average molecular weight is 1530 g/mol. The van der Waals surface area contributed by atoms with Crippen LogP contribution in [0.4, 0.5) is 0 Å². The van der Waals surface area contributed by atoms with Crippen LogP contribution in [0, 0.1) is 61.8 Å². The predicted molar refractivity (Wildman–Crippen MR) is 412 cm³/mol. The van der Waals surface area contributed by atoms with Gasteiger partial charge in [-0.15, -0.1) is 173 Å². The van der Waals surface area contributed by atoms with E-state index in [9.17, 15) is 0 Å². The van der Waals surface area contributed by atoms with Crippen molar-refractivity contribution in [1.29, 1.82) is 0 Å². The molecule has 0 N–H and O–H groups in total. The van der Waals surface area contributed by atoms with Crippen LogP contribution in [0.2, 0.25) is 0 Å². The molecule has 0 aliphatic rings. The van der Waals surface area contributed by atoms with E-state index in [0.29, 0.717) is 0 Å². The van der Waals surface area contributed by atoms with Crippen molar-refractivity contribution in [3.63, 3.8) is 0 Å². The van der Waals surface area contributed by atoms with Gasteiger partial charge in [0.1, 0.15) is 0 Å². The van der Waals surface area contributed by atoms with E-state index in [-0.39, 0.29) is 76.8 Å². The monoisotopic (exact) mass is 1530 g/mol. The van der Waals surface area contributed by atoms with Crippen LogP contribution in [0.3, 0.4) is 0 Å². The summed E-state index contributed by atoms with van der Waals surface area (Å²) in [7, 11) is 0. The second-order valence-electron chi connectivity index (χ2n) is 23.7. The Morgan fingerprint density at radius 1 is 0.317 bits per heavy atom. The molecule has 526 valence electrons. The first-order chi connectivity index (χ1) is 48.8. The zero-order valence-electron chi connectivity index (χ0n) is 58.5. The summed E-state index contributed by atoms with van der Waals surface area (Å²) >= 11 is 0. The minimum absolute atomic E-state index is 0. The molecule has 0 unspecified atom stereocenters. The summed E-state index contributed by atoms with van der Waals surface area (Å²) in [6.07, 6.45) is 17.3. The molecule has 0 atom stereocenters. The minimum Gasteiger partial charge on any atom is -0.521 e. The third-order valence-corrected chi connectivity index (χ3v) is 14.0. The molecule has 0 radical (unpaired) electrons. The van der Waals surface area contributed by atoms with E-state index in [4.69, 9.17) is 19.6 Å². The number of pyridine rings is 8. The van der Waals surface area contributed by atoms with Gasteiger partial charge in [0.2, 0.25) is 0 Å². The molecular weight excluding hydrogens is 1450 g/mol. The maximum Gasteiger partial charge on any atom is 2.00 e. The fourth-order valence-corrected chi connectivity index (χ4v) is 8.79. The number of hydrogen-bond acceptors (Lipinski definition) is 8. The van der Waals surface area contributed by atoms with Gasteiger partial charge in [0, 0.05) is 24.8 Å². The van der Waals surface area contributed by atoms with Gasteiger partial charge < -0.3 is 19.6 Å². The zero-order valence-corrected chi connectivity index (χ0v) is 62.5. The standard InChI is InChI=1S/4C16H11N2.C12H13.C8H7.C6H11.C2H3.4Ni/c4*1-2-7-13(8-3-1)14-10-6-11-16(18-14)15-9-4-5-12-17-15;1-5-10-6-8-11(9-7-10)12(2,3)4;1-2-8-6-4-3-5-7-8;1-5-6(2,3)4;1-2;;;;/h4*1-7,9-12H;6-9H,2-4H3;1-7H;1,5H,2-4H3;1H,2H2;;;;/q8*-1;4*+2. The molecule has 12 heteroatoms. The van der Waals surface area contributed by atoms with Crippen LogP contribution >= 0.6 is 0 Å². The molecule has 0 saturated carbocycles. The van der Waals surface area contributed by atoms with E-state index in [2.05, 4.69) is 137 Å². The Hall–Kier alpha value is -10.7. The Morgan fingerprint density at radius 2 is 0.567 bits per heavy atom. The number of aromatic nitrogens is 8.